The number of aryl methyl sites for hydroxylation is 1. The molecule has 2 amide bonds. The van der Waals surface area contributed by atoms with Crippen LogP contribution in [-0.4, -0.2) is 47.0 Å². The first kappa shape index (κ1) is 14.0. The van der Waals surface area contributed by atoms with E-state index in [1.165, 1.54) is 6.20 Å². The van der Waals surface area contributed by atoms with Gasteiger partial charge in [0.15, 0.2) is 0 Å². The van der Waals surface area contributed by atoms with Crippen LogP contribution in [-0.2, 0) is 0 Å². The normalized spacial score (nSPS) is 15.8. The highest BCUT2D eigenvalue weighted by Gasteiger charge is 2.19. The minimum absolute atomic E-state index is 0.0161. The second-order valence-corrected chi connectivity index (χ2v) is 4.75. The van der Waals surface area contributed by atoms with Crippen LogP contribution in [0, 0.1) is 17.0 Å². The van der Waals surface area contributed by atoms with Crippen molar-refractivity contribution in [3.05, 3.63) is 27.9 Å². The van der Waals surface area contributed by atoms with Gasteiger partial charge in [-0.15, -0.1) is 0 Å². The van der Waals surface area contributed by atoms with E-state index in [4.69, 9.17) is 5.73 Å². The zero-order valence-corrected chi connectivity index (χ0v) is 11.3. The highest BCUT2D eigenvalue weighted by molar-refractivity contribution is 5.72. The van der Waals surface area contributed by atoms with Gasteiger partial charge in [-0.05, 0) is 19.4 Å². The van der Waals surface area contributed by atoms with Gasteiger partial charge in [-0.25, -0.2) is 9.78 Å². The average molecular weight is 279 g/mol. The van der Waals surface area contributed by atoms with Gasteiger partial charge in [0.1, 0.15) is 12.0 Å². The number of hydrogen-bond acceptors (Lipinski definition) is 5. The zero-order chi connectivity index (χ0) is 14.7. The summed E-state index contributed by atoms with van der Waals surface area (Å²) in [7, 11) is 0. The number of pyridine rings is 1. The molecule has 8 heteroatoms. The number of anilines is 1. The molecule has 0 bridgehead atoms. The maximum atomic E-state index is 11.2. The highest BCUT2D eigenvalue weighted by Crippen LogP contribution is 2.22. The minimum Gasteiger partial charge on any atom is -0.355 e. The minimum atomic E-state index is -0.441. The van der Waals surface area contributed by atoms with Gasteiger partial charge in [0.25, 0.3) is 5.69 Å². The van der Waals surface area contributed by atoms with Crippen LogP contribution in [0.5, 0.6) is 0 Å². The second kappa shape index (κ2) is 5.72. The Morgan fingerprint density at radius 3 is 2.75 bits per heavy atom. The zero-order valence-electron chi connectivity index (χ0n) is 11.3. The van der Waals surface area contributed by atoms with Crippen molar-refractivity contribution in [3.8, 4) is 0 Å². The summed E-state index contributed by atoms with van der Waals surface area (Å²) in [5.41, 5.74) is 5.87. The molecule has 0 radical (unpaired) electrons. The number of carbonyl (C=O) groups is 1. The maximum Gasteiger partial charge on any atom is 0.314 e. The van der Waals surface area contributed by atoms with Crippen LogP contribution in [0.1, 0.15) is 12.0 Å². The van der Waals surface area contributed by atoms with E-state index in [1.807, 2.05) is 4.90 Å². The fourth-order valence-corrected chi connectivity index (χ4v) is 2.26. The van der Waals surface area contributed by atoms with Gasteiger partial charge in [0.2, 0.25) is 0 Å². The molecule has 0 saturated carbocycles. The molecule has 1 aliphatic rings. The molecule has 2 heterocycles. The third-order valence-corrected chi connectivity index (χ3v) is 3.40. The quantitative estimate of drug-likeness (QED) is 0.639. The summed E-state index contributed by atoms with van der Waals surface area (Å²) in [6, 6.07) is 1.29. The average Bonchev–Trinajstić information content (AvgIpc) is 2.63. The lowest BCUT2D eigenvalue weighted by atomic mass is 10.2. The first-order valence-electron chi connectivity index (χ1n) is 6.39. The van der Waals surface area contributed by atoms with E-state index < -0.39 is 11.0 Å². The largest absolute Gasteiger partial charge is 0.355 e. The van der Waals surface area contributed by atoms with Crippen LogP contribution in [0.25, 0.3) is 0 Å². The topological polar surface area (TPSA) is 106 Å². The number of nitro groups is 1. The molecule has 1 aromatic heterocycles. The predicted octanol–water partition coefficient (Wildman–Crippen LogP) is 0.889. The molecule has 0 unspecified atom stereocenters. The molecule has 1 aliphatic heterocycles. The fourth-order valence-electron chi connectivity index (χ4n) is 2.26. The fraction of sp³-hybridized carbons (Fsp3) is 0.500. The number of aromatic nitrogens is 1. The van der Waals surface area contributed by atoms with E-state index in [1.54, 1.807) is 17.9 Å². The monoisotopic (exact) mass is 279 g/mol. The molecule has 2 N–H and O–H groups in total. The Balaban J connectivity index is 2.14. The third kappa shape index (κ3) is 2.95. The second-order valence-electron chi connectivity index (χ2n) is 4.75. The molecule has 0 atom stereocenters. The van der Waals surface area contributed by atoms with E-state index in [0.717, 1.165) is 13.0 Å². The Labute approximate surface area is 116 Å². The van der Waals surface area contributed by atoms with Crippen molar-refractivity contribution in [2.75, 3.05) is 31.1 Å². The summed E-state index contributed by atoms with van der Waals surface area (Å²) in [6.07, 6.45) is 2.07. The van der Waals surface area contributed by atoms with Gasteiger partial charge in [-0.1, -0.05) is 0 Å². The highest BCUT2D eigenvalue weighted by atomic mass is 16.6. The maximum absolute atomic E-state index is 11.2. The van der Waals surface area contributed by atoms with Crippen molar-refractivity contribution in [1.29, 1.82) is 0 Å². The van der Waals surface area contributed by atoms with Crippen LogP contribution < -0.4 is 10.6 Å². The van der Waals surface area contributed by atoms with Gasteiger partial charge in [-0.3, -0.25) is 10.1 Å². The molecule has 2 rings (SSSR count). The van der Waals surface area contributed by atoms with Crippen molar-refractivity contribution >= 4 is 17.5 Å². The third-order valence-electron chi connectivity index (χ3n) is 3.40. The summed E-state index contributed by atoms with van der Waals surface area (Å²) in [4.78, 5) is 29.3. The standard InChI is InChI=1S/C12H17N5O3/c1-9-7-11(14-8-10(9)17(19)20)15-3-2-4-16(6-5-15)12(13)18/h7-8H,2-6H2,1H3,(H2,13,18). The SMILES string of the molecule is Cc1cc(N2CCCN(C(N)=O)CC2)ncc1[N+](=O)[O-]. The molecule has 0 spiro atoms. The Morgan fingerprint density at radius 1 is 1.40 bits per heavy atom. The molecular formula is C12H17N5O3. The van der Waals surface area contributed by atoms with Crippen molar-refractivity contribution < 1.29 is 9.72 Å². The van der Waals surface area contributed by atoms with Gasteiger partial charge < -0.3 is 15.5 Å². The summed E-state index contributed by atoms with van der Waals surface area (Å²) in [5.74, 6) is 0.694. The van der Waals surface area contributed by atoms with Crippen LogP contribution in [0.2, 0.25) is 0 Å². The number of nitrogens with zero attached hydrogens (tertiary/aromatic N) is 4. The number of primary amides is 1. The molecule has 8 nitrogen and oxygen atoms in total. The molecule has 0 aromatic carbocycles. The van der Waals surface area contributed by atoms with Crippen molar-refractivity contribution in [3.63, 3.8) is 0 Å². The van der Waals surface area contributed by atoms with Crippen molar-refractivity contribution in [2.24, 2.45) is 5.73 Å². The summed E-state index contributed by atoms with van der Waals surface area (Å²) >= 11 is 0. The predicted molar refractivity (Wildman–Crippen MR) is 73.6 cm³/mol. The van der Waals surface area contributed by atoms with Gasteiger partial charge in [0.05, 0.1) is 4.92 Å². The Hall–Kier alpha value is -2.38. The Morgan fingerprint density at radius 2 is 2.15 bits per heavy atom. The molecule has 108 valence electrons. The molecule has 1 saturated heterocycles. The lowest BCUT2D eigenvalue weighted by molar-refractivity contribution is -0.385. The van der Waals surface area contributed by atoms with E-state index >= 15 is 0 Å². The van der Waals surface area contributed by atoms with Crippen LogP contribution in [0.3, 0.4) is 0 Å². The molecule has 1 fully saturated rings. The van der Waals surface area contributed by atoms with Gasteiger partial charge in [0, 0.05) is 31.7 Å². The lowest BCUT2D eigenvalue weighted by Gasteiger charge is -2.22. The van der Waals surface area contributed by atoms with Crippen molar-refractivity contribution in [2.45, 2.75) is 13.3 Å². The number of rotatable bonds is 2. The molecule has 1 aromatic rings. The summed E-state index contributed by atoms with van der Waals surface area (Å²) in [5, 5.41) is 10.8. The van der Waals surface area contributed by atoms with Crippen molar-refractivity contribution in [1.82, 2.24) is 9.88 Å². The Bertz CT molecular complexity index is 534. The molecular weight excluding hydrogens is 262 g/mol. The van der Waals surface area contributed by atoms with Gasteiger partial charge in [-0.2, -0.15) is 0 Å². The van der Waals surface area contributed by atoms with Crippen LogP contribution in [0.15, 0.2) is 12.3 Å². The molecule has 20 heavy (non-hydrogen) atoms. The van der Waals surface area contributed by atoms with E-state index in [9.17, 15) is 14.9 Å². The number of nitrogens with two attached hydrogens (primary N) is 1. The van der Waals surface area contributed by atoms with E-state index in [0.29, 0.717) is 31.0 Å². The van der Waals surface area contributed by atoms with Crippen LogP contribution >= 0.6 is 0 Å². The van der Waals surface area contributed by atoms with E-state index in [-0.39, 0.29) is 5.69 Å². The number of hydrogen-bond donors (Lipinski definition) is 1. The molecule has 0 aliphatic carbocycles. The smallest absolute Gasteiger partial charge is 0.314 e. The summed E-state index contributed by atoms with van der Waals surface area (Å²) in [6.45, 7) is 4.21. The first-order chi connectivity index (χ1) is 9.49. The van der Waals surface area contributed by atoms with Gasteiger partial charge >= 0.3 is 6.03 Å². The lowest BCUT2D eigenvalue weighted by Crippen LogP contribution is -2.38. The number of amides is 2. The Kier molecular flexibility index (Phi) is 4.02. The summed E-state index contributed by atoms with van der Waals surface area (Å²) < 4.78 is 0. The number of carbonyl (C=O) groups excluding carboxylic acids is 1. The number of urea groups is 1. The van der Waals surface area contributed by atoms with Crippen LogP contribution in [0.4, 0.5) is 16.3 Å². The first-order valence-corrected chi connectivity index (χ1v) is 6.39. The van der Waals surface area contributed by atoms with E-state index in [2.05, 4.69) is 4.98 Å².